The van der Waals surface area contributed by atoms with Crippen molar-refractivity contribution in [3.05, 3.63) is 0 Å². The van der Waals surface area contributed by atoms with Gasteiger partial charge in [0, 0.05) is 32.5 Å². The third-order valence-corrected chi connectivity index (χ3v) is 2.49. The number of carbonyl (C=O) groups excluding carboxylic acids is 1. The van der Waals surface area contributed by atoms with Crippen molar-refractivity contribution < 1.29 is 9.90 Å². The first kappa shape index (κ1) is 9.91. The molecule has 1 unspecified atom stereocenters. The molecule has 1 aliphatic rings. The van der Waals surface area contributed by atoms with E-state index in [0.29, 0.717) is 18.9 Å². The van der Waals surface area contributed by atoms with E-state index in [4.69, 9.17) is 10.8 Å². The van der Waals surface area contributed by atoms with Crippen LogP contribution in [0.25, 0.3) is 0 Å². The molecule has 0 saturated carbocycles. The zero-order chi connectivity index (χ0) is 11.0. The predicted molar refractivity (Wildman–Crippen MR) is 53.0 cm³/mol. The first-order valence-corrected chi connectivity index (χ1v) is 4.69. The van der Waals surface area contributed by atoms with E-state index in [0.717, 1.165) is 0 Å². The Morgan fingerprint density at radius 1 is 1.67 bits per heavy atom. The molecule has 1 atom stereocenters. The van der Waals surface area contributed by atoms with Gasteiger partial charge in [0.05, 0.1) is 0 Å². The van der Waals surface area contributed by atoms with Gasteiger partial charge >= 0.3 is 0 Å². The lowest BCUT2D eigenvalue weighted by atomic mass is 10.1. The summed E-state index contributed by atoms with van der Waals surface area (Å²) in [5.74, 6) is 0.489. The minimum atomic E-state index is -0.0698. The molecule has 3 N–H and O–H groups in total. The minimum absolute atomic E-state index is 0.00452. The number of hydrogen-bond acceptors (Lipinski definition) is 5. The molecule has 0 bridgehead atoms. The van der Waals surface area contributed by atoms with Gasteiger partial charge in [0.15, 0.2) is 0 Å². The molecule has 1 aliphatic heterocycles. The molecule has 0 aromatic carbocycles. The van der Waals surface area contributed by atoms with Gasteiger partial charge in [-0.1, -0.05) is 0 Å². The molecule has 7 nitrogen and oxygen atoms in total. The lowest BCUT2D eigenvalue weighted by Gasteiger charge is -2.10. The summed E-state index contributed by atoms with van der Waals surface area (Å²) in [5, 5.41) is 13.0. The van der Waals surface area contributed by atoms with Crippen molar-refractivity contribution in [2.45, 2.75) is 6.42 Å². The van der Waals surface area contributed by atoms with Crippen LogP contribution in [-0.2, 0) is 11.8 Å². The fourth-order valence-corrected chi connectivity index (χ4v) is 1.59. The Morgan fingerprint density at radius 3 is 2.87 bits per heavy atom. The van der Waals surface area contributed by atoms with Gasteiger partial charge in [0.2, 0.25) is 11.9 Å². The van der Waals surface area contributed by atoms with Crippen LogP contribution in [0, 0.1) is 5.92 Å². The van der Waals surface area contributed by atoms with E-state index in [-0.39, 0.29) is 24.4 Å². The molecular formula is C8H13N5O2. The smallest absolute Gasteiger partial charge is 0.253 e. The summed E-state index contributed by atoms with van der Waals surface area (Å²) < 4.78 is 1.41. The maximum Gasteiger partial charge on any atom is 0.253 e. The highest BCUT2D eigenvalue weighted by Gasteiger charge is 2.32. The Morgan fingerprint density at radius 2 is 2.40 bits per heavy atom. The molecule has 1 fully saturated rings. The first-order valence-electron chi connectivity index (χ1n) is 4.69. The summed E-state index contributed by atoms with van der Waals surface area (Å²) >= 11 is 0. The minimum Gasteiger partial charge on any atom is -0.396 e. The molecule has 2 rings (SSSR count). The molecule has 7 heteroatoms. The number of carbonyl (C=O) groups is 1. The van der Waals surface area contributed by atoms with Crippen LogP contribution in [0.5, 0.6) is 0 Å². The summed E-state index contributed by atoms with van der Waals surface area (Å²) in [5.41, 5.74) is 5.52. The van der Waals surface area contributed by atoms with Crippen molar-refractivity contribution in [3.8, 4) is 0 Å². The largest absolute Gasteiger partial charge is 0.396 e. The standard InChI is InChI=1S/C8H13N5O2/c1-12-7(9)10-8(11-12)13-3-5(4-14)2-6(13)15/h5,14H,2-4H2,1H3,(H2,9,10,11). The van der Waals surface area contributed by atoms with Gasteiger partial charge in [-0.15, -0.1) is 5.10 Å². The summed E-state index contributed by atoms with van der Waals surface area (Å²) in [7, 11) is 1.66. The maximum atomic E-state index is 11.5. The Balaban J connectivity index is 2.21. The van der Waals surface area contributed by atoms with Crippen molar-refractivity contribution in [1.29, 1.82) is 0 Å². The molecule has 1 amide bonds. The summed E-state index contributed by atoms with van der Waals surface area (Å²) in [4.78, 5) is 17.0. The lowest BCUT2D eigenvalue weighted by Crippen LogP contribution is -2.26. The number of nitrogens with zero attached hydrogens (tertiary/aromatic N) is 4. The van der Waals surface area contributed by atoms with E-state index in [1.165, 1.54) is 9.58 Å². The van der Waals surface area contributed by atoms with Crippen molar-refractivity contribution >= 4 is 17.8 Å². The number of rotatable bonds is 2. The predicted octanol–water partition coefficient (Wildman–Crippen LogP) is -1.26. The first-order chi connectivity index (χ1) is 7.11. The highest BCUT2D eigenvalue weighted by Crippen LogP contribution is 2.22. The van der Waals surface area contributed by atoms with Crippen LogP contribution >= 0.6 is 0 Å². The summed E-state index contributed by atoms with van der Waals surface area (Å²) in [6, 6.07) is 0. The second kappa shape index (κ2) is 3.50. The number of aliphatic hydroxyl groups excluding tert-OH is 1. The Bertz CT molecular complexity index is 369. The van der Waals surface area contributed by atoms with E-state index < -0.39 is 0 Å². The molecule has 1 aromatic rings. The lowest BCUT2D eigenvalue weighted by molar-refractivity contribution is -0.117. The van der Waals surface area contributed by atoms with Crippen LogP contribution in [0.4, 0.5) is 11.9 Å². The number of aryl methyl sites for hydroxylation is 1. The average molecular weight is 211 g/mol. The normalized spacial score (nSPS) is 21.3. The van der Waals surface area contributed by atoms with E-state index >= 15 is 0 Å². The van der Waals surface area contributed by atoms with Crippen LogP contribution in [0.15, 0.2) is 0 Å². The number of aliphatic hydroxyl groups is 1. The van der Waals surface area contributed by atoms with Crippen molar-refractivity contribution in [2.24, 2.45) is 13.0 Å². The molecule has 15 heavy (non-hydrogen) atoms. The van der Waals surface area contributed by atoms with Crippen molar-refractivity contribution in [2.75, 3.05) is 23.8 Å². The molecule has 1 aromatic heterocycles. The van der Waals surface area contributed by atoms with Gasteiger partial charge < -0.3 is 10.8 Å². The topological polar surface area (TPSA) is 97.3 Å². The van der Waals surface area contributed by atoms with Gasteiger partial charge in [-0.05, 0) is 0 Å². The zero-order valence-electron chi connectivity index (χ0n) is 8.42. The molecule has 82 valence electrons. The third-order valence-electron chi connectivity index (χ3n) is 2.49. The second-order valence-electron chi connectivity index (χ2n) is 3.65. The van der Waals surface area contributed by atoms with Crippen molar-refractivity contribution in [3.63, 3.8) is 0 Å². The van der Waals surface area contributed by atoms with Crippen molar-refractivity contribution in [1.82, 2.24) is 14.8 Å². The molecule has 2 heterocycles. The Hall–Kier alpha value is -1.63. The van der Waals surface area contributed by atoms with Gasteiger partial charge in [0.25, 0.3) is 5.95 Å². The highest BCUT2D eigenvalue weighted by molar-refractivity contribution is 5.94. The van der Waals surface area contributed by atoms with Crippen LogP contribution in [0.1, 0.15) is 6.42 Å². The van der Waals surface area contributed by atoms with Crippen LogP contribution < -0.4 is 10.6 Å². The molecule has 0 radical (unpaired) electrons. The van der Waals surface area contributed by atoms with Crippen LogP contribution in [0.2, 0.25) is 0 Å². The van der Waals surface area contributed by atoms with E-state index in [2.05, 4.69) is 10.1 Å². The number of nitrogens with two attached hydrogens (primary N) is 1. The SMILES string of the molecule is Cn1nc(N2CC(CO)CC2=O)nc1N. The van der Waals surface area contributed by atoms with Gasteiger partial charge in [-0.2, -0.15) is 4.98 Å². The maximum absolute atomic E-state index is 11.5. The molecule has 1 saturated heterocycles. The quantitative estimate of drug-likeness (QED) is 0.636. The van der Waals surface area contributed by atoms with E-state index in [1.54, 1.807) is 7.05 Å². The van der Waals surface area contributed by atoms with E-state index in [9.17, 15) is 4.79 Å². The molecular weight excluding hydrogens is 198 g/mol. The fraction of sp³-hybridized carbons (Fsp3) is 0.625. The Kier molecular flexibility index (Phi) is 2.31. The fourth-order valence-electron chi connectivity index (χ4n) is 1.59. The zero-order valence-corrected chi connectivity index (χ0v) is 8.42. The van der Waals surface area contributed by atoms with Crippen LogP contribution in [0.3, 0.4) is 0 Å². The van der Waals surface area contributed by atoms with Crippen LogP contribution in [-0.4, -0.2) is 38.9 Å². The van der Waals surface area contributed by atoms with Gasteiger partial charge in [-0.3, -0.25) is 9.69 Å². The summed E-state index contributed by atoms with van der Waals surface area (Å²) in [6.45, 7) is 0.462. The number of amides is 1. The summed E-state index contributed by atoms with van der Waals surface area (Å²) in [6.07, 6.45) is 0.342. The number of aromatic nitrogens is 3. The molecule has 0 spiro atoms. The van der Waals surface area contributed by atoms with Gasteiger partial charge in [-0.25, -0.2) is 4.68 Å². The monoisotopic (exact) mass is 211 g/mol. The third kappa shape index (κ3) is 1.65. The highest BCUT2D eigenvalue weighted by atomic mass is 16.3. The number of nitrogen functional groups attached to an aromatic ring is 1. The Labute approximate surface area is 86.5 Å². The second-order valence-corrected chi connectivity index (χ2v) is 3.65. The number of hydrogen-bond donors (Lipinski definition) is 2. The number of anilines is 2. The van der Waals surface area contributed by atoms with Gasteiger partial charge in [0.1, 0.15) is 0 Å². The van der Waals surface area contributed by atoms with E-state index in [1.807, 2.05) is 0 Å². The molecule has 0 aliphatic carbocycles. The average Bonchev–Trinajstić information content (AvgIpc) is 2.71.